The van der Waals surface area contributed by atoms with Gasteiger partial charge >= 0.3 is 5.97 Å². The number of esters is 1. The van der Waals surface area contributed by atoms with Gasteiger partial charge in [-0.1, -0.05) is 25.4 Å². The molecule has 1 heterocycles. The lowest BCUT2D eigenvalue weighted by Gasteiger charge is -2.31. The van der Waals surface area contributed by atoms with Crippen molar-refractivity contribution in [3.05, 3.63) is 27.5 Å². The van der Waals surface area contributed by atoms with Crippen LogP contribution in [-0.4, -0.2) is 17.1 Å². The predicted molar refractivity (Wildman–Crippen MR) is 78.3 cm³/mol. The van der Waals surface area contributed by atoms with E-state index in [0.717, 1.165) is 12.8 Å². The molecule has 104 valence electrons. The van der Waals surface area contributed by atoms with Crippen molar-refractivity contribution in [2.45, 2.75) is 39.2 Å². The van der Waals surface area contributed by atoms with Gasteiger partial charge in [-0.05, 0) is 53.1 Å². The summed E-state index contributed by atoms with van der Waals surface area (Å²) in [7, 11) is 0. The quantitative estimate of drug-likeness (QED) is 0.585. The van der Waals surface area contributed by atoms with Crippen molar-refractivity contribution >= 4 is 33.5 Å². The first-order valence-electron chi connectivity index (χ1n) is 6.47. The second kappa shape index (κ2) is 6.23. The third-order valence-corrected chi connectivity index (χ3v) is 4.17. The van der Waals surface area contributed by atoms with Crippen molar-refractivity contribution in [3.63, 3.8) is 0 Å². The molecule has 0 spiro atoms. The molecule has 0 N–H and O–H groups in total. The molecule has 1 fully saturated rings. The van der Waals surface area contributed by atoms with Gasteiger partial charge in [-0.3, -0.25) is 0 Å². The molecule has 1 aliphatic rings. The first-order valence-corrected chi connectivity index (χ1v) is 7.64. The molecule has 3 nitrogen and oxygen atoms in total. The topological polar surface area (TPSA) is 39.2 Å². The van der Waals surface area contributed by atoms with E-state index >= 15 is 0 Å². The molecular weight excluding hydrogens is 330 g/mol. The average molecular weight is 347 g/mol. The van der Waals surface area contributed by atoms with Crippen LogP contribution in [0, 0.1) is 11.8 Å². The monoisotopic (exact) mass is 345 g/mol. The van der Waals surface area contributed by atoms with Crippen molar-refractivity contribution < 1.29 is 9.53 Å². The molecule has 1 aromatic rings. The highest BCUT2D eigenvalue weighted by Crippen LogP contribution is 2.31. The molecule has 0 radical (unpaired) electrons. The molecule has 0 aliphatic heterocycles. The molecule has 0 amide bonds. The maximum Gasteiger partial charge on any atom is 0.341 e. The second-order valence-electron chi connectivity index (χ2n) is 5.44. The number of pyridine rings is 1. The molecule has 1 saturated carbocycles. The fraction of sp³-hybridized carbons (Fsp3) is 0.571. The Morgan fingerprint density at radius 2 is 2.00 bits per heavy atom. The van der Waals surface area contributed by atoms with E-state index in [4.69, 9.17) is 16.3 Å². The normalized spacial score (nSPS) is 27.1. The fourth-order valence-electron chi connectivity index (χ4n) is 2.75. The van der Waals surface area contributed by atoms with E-state index in [1.54, 1.807) is 12.3 Å². The Labute approximate surface area is 126 Å². The molecular formula is C14H17BrClNO2. The highest BCUT2D eigenvalue weighted by atomic mass is 79.9. The minimum atomic E-state index is -0.384. The minimum absolute atomic E-state index is 0.0127. The Balaban J connectivity index is 2.06. The summed E-state index contributed by atoms with van der Waals surface area (Å²) in [6, 6.07) is 1.65. The lowest BCUT2D eigenvalue weighted by molar-refractivity contribution is 0.00803. The largest absolute Gasteiger partial charge is 0.459 e. The number of rotatable bonds is 2. The lowest BCUT2D eigenvalue weighted by atomic mass is 9.82. The number of aromatic nitrogens is 1. The van der Waals surface area contributed by atoms with Crippen molar-refractivity contribution in [1.82, 2.24) is 4.98 Å². The van der Waals surface area contributed by atoms with Crippen LogP contribution < -0.4 is 0 Å². The molecule has 0 bridgehead atoms. The second-order valence-corrected chi connectivity index (χ2v) is 6.71. The van der Waals surface area contributed by atoms with Crippen LogP contribution in [0.25, 0.3) is 0 Å². The van der Waals surface area contributed by atoms with E-state index in [1.165, 1.54) is 6.42 Å². The molecule has 2 atom stereocenters. The van der Waals surface area contributed by atoms with Crippen LogP contribution in [0.3, 0.4) is 0 Å². The van der Waals surface area contributed by atoms with Crippen LogP contribution in [0.2, 0.25) is 5.15 Å². The predicted octanol–water partition coefficient (Wildman–Crippen LogP) is 4.48. The lowest BCUT2D eigenvalue weighted by Crippen LogP contribution is -2.28. The van der Waals surface area contributed by atoms with Crippen molar-refractivity contribution in [2.24, 2.45) is 11.8 Å². The van der Waals surface area contributed by atoms with E-state index in [9.17, 15) is 4.79 Å². The van der Waals surface area contributed by atoms with Crippen molar-refractivity contribution in [3.8, 4) is 0 Å². The van der Waals surface area contributed by atoms with Crippen LogP contribution in [0.5, 0.6) is 0 Å². The van der Waals surface area contributed by atoms with Gasteiger partial charge in [0.15, 0.2) is 0 Å². The van der Waals surface area contributed by atoms with Crippen LogP contribution >= 0.6 is 27.5 Å². The Kier molecular flexibility index (Phi) is 4.85. The average Bonchev–Trinajstić information content (AvgIpc) is 2.30. The number of carbonyl (C=O) groups excluding carboxylic acids is 1. The molecule has 1 aliphatic carbocycles. The van der Waals surface area contributed by atoms with Gasteiger partial charge < -0.3 is 4.74 Å². The summed E-state index contributed by atoms with van der Waals surface area (Å²) in [6.07, 6.45) is 4.60. The van der Waals surface area contributed by atoms with Gasteiger partial charge in [0, 0.05) is 10.7 Å². The number of hydrogen-bond acceptors (Lipinski definition) is 3. The molecule has 19 heavy (non-hydrogen) atoms. The first-order chi connectivity index (χ1) is 8.95. The number of ether oxygens (including phenoxy) is 1. The van der Waals surface area contributed by atoms with Crippen LogP contribution in [-0.2, 0) is 4.74 Å². The highest BCUT2D eigenvalue weighted by Gasteiger charge is 2.27. The summed E-state index contributed by atoms with van der Waals surface area (Å²) in [5, 5.41) is 0.185. The van der Waals surface area contributed by atoms with Gasteiger partial charge in [-0.2, -0.15) is 0 Å². The summed E-state index contributed by atoms with van der Waals surface area (Å²) < 4.78 is 6.29. The van der Waals surface area contributed by atoms with E-state index in [-0.39, 0.29) is 17.2 Å². The van der Waals surface area contributed by atoms with Crippen molar-refractivity contribution in [1.29, 1.82) is 0 Å². The molecule has 2 rings (SSSR count). The molecule has 2 unspecified atom stereocenters. The van der Waals surface area contributed by atoms with Gasteiger partial charge in [0.25, 0.3) is 0 Å². The molecule has 0 aromatic carbocycles. The standard InChI is InChI=1S/C14H17BrClNO2/c1-8-3-9(2)5-11(4-8)19-14(18)12-6-10(15)7-17-13(12)16/h6-9,11H,3-5H2,1-2H3. The summed E-state index contributed by atoms with van der Waals surface area (Å²) in [4.78, 5) is 16.1. The van der Waals surface area contributed by atoms with E-state index in [2.05, 4.69) is 34.8 Å². The third kappa shape index (κ3) is 3.93. The molecule has 0 saturated heterocycles. The number of nitrogens with zero attached hydrogens (tertiary/aromatic N) is 1. The Morgan fingerprint density at radius 3 is 2.63 bits per heavy atom. The summed E-state index contributed by atoms with van der Waals surface area (Å²) in [5.41, 5.74) is 0.321. The smallest absolute Gasteiger partial charge is 0.341 e. The minimum Gasteiger partial charge on any atom is -0.459 e. The first kappa shape index (κ1) is 14.8. The summed E-state index contributed by atoms with van der Waals surface area (Å²) in [6.45, 7) is 4.40. The van der Waals surface area contributed by atoms with E-state index < -0.39 is 0 Å². The molecule has 1 aromatic heterocycles. The van der Waals surface area contributed by atoms with Crippen molar-refractivity contribution in [2.75, 3.05) is 0 Å². The van der Waals surface area contributed by atoms with Gasteiger partial charge in [0.05, 0.1) is 5.56 Å². The zero-order chi connectivity index (χ0) is 14.0. The van der Waals surface area contributed by atoms with E-state index in [0.29, 0.717) is 21.9 Å². The number of halogens is 2. The van der Waals surface area contributed by atoms with Crippen LogP contribution in [0.4, 0.5) is 0 Å². The van der Waals surface area contributed by atoms with Crippen LogP contribution in [0.1, 0.15) is 43.5 Å². The zero-order valence-electron chi connectivity index (χ0n) is 11.0. The number of hydrogen-bond donors (Lipinski definition) is 0. The van der Waals surface area contributed by atoms with Crippen LogP contribution in [0.15, 0.2) is 16.7 Å². The Morgan fingerprint density at radius 1 is 1.37 bits per heavy atom. The summed E-state index contributed by atoms with van der Waals surface area (Å²) >= 11 is 9.21. The van der Waals surface area contributed by atoms with Gasteiger partial charge in [0.2, 0.25) is 0 Å². The molecule has 5 heteroatoms. The number of carbonyl (C=O) groups is 1. The van der Waals surface area contributed by atoms with Gasteiger partial charge in [-0.15, -0.1) is 0 Å². The maximum atomic E-state index is 12.1. The maximum absolute atomic E-state index is 12.1. The zero-order valence-corrected chi connectivity index (χ0v) is 13.4. The fourth-order valence-corrected chi connectivity index (χ4v) is 3.26. The Bertz CT molecular complexity index is 471. The van der Waals surface area contributed by atoms with Gasteiger partial charge in [-0.25, -0.2) is 9.78 Å². The Hall–Kier alpha value is -0.610. The SMILES string of the molecule is CC1CC(C)CC(OC(=O)c2cc(Br)cnc2Cl)C1. The van der Waals surface area contributed by atoms with E-state index in [1.807, 2.05) is 0 Å². The summed E-state index contributed by atoms with van der Waals surface area (Å²) in [5.74, 6) is 0.806. The van der Waals surface area contributed by atoms with Gasteiger partial charge in [0.1, 0.15) is 11.3 Å². The highest BCUT2D eigenvalue weighted by molar-refractivity contribution is 9.10. The third-order valence-electron chi connectivity index (χ3n) is 3.43.